The smallest absolute Gasteiger partial charge is 0.263 e. The van der Waals surface area contributed by atoms with Crippen molar-refractivity contribution in [1.29, 1.82) is 0 Å². The topological polar surface area (TPSA) is 30.5 Å². The summed E-state index contributed by atoms with van der Waals surface area (Å²) in [5.41, 5.74) is 1.21. The fourth-order valence-corrected chi connectivity index (χ4v) is 2.23. The maximum Gasteiger partial charge on any atom is 0.263 e. The number of nitrogens with one attached hydrogen (secondary N) is 1. The maximum atomic E-state index is 5.93. The summed E-state index contributed by atoms with van der Waals surface area (Å²) >= 11 is 0. The van der Waals surface area contributed by atoms with E-state index in [-0.39, 0.29) is 0 Å². The number of ether oxygens (including phenoxy) is 2. The Bertz CT molecular complexity index is 383. The van der Waals surface area contributed by atoms with Gasteiger partial charge < -0.3 is 14.8 Å². The molecule has 0 aromatic heterocycles. The third kappa shape index (κ3) is 1.47. The molecule has 0 bridgehead atoms. The van der Waals surface area contributed by atoms with Crippen LogP contribution in [0.5, 0.6) is 11.5 Å². The van der Waals surface area contributed by atoms with Gasteiger partial charge in [0.1, 0.15) is 0 Å². The lowest BCUT2D eigenvalue weighted by molar-refractivity contribution is -0.0936. The second-order valence-corrected chi connectivity index (χ2v) is 4.35. The minimum Gasteiger partial charge on any atom is -0.447 e. The van der Waals surface area contributed by atoms with Gasteiger partial charge in [0.15, 0.2) is 11.5 Å². The lowest BCUT2D eigenvalue weighted by Gasteiger charge is -2.31. The Morgan fingerprint density at radius 3 is 2.93 bits per heavy atom. The van der Waals surface area contributed by atoms with Crippen molar-refractivity contribution < 1.29 is 9.47 Å². The minimum absolute atomic E-state index is 0.436. The van der Waals surface area contributed by atoms with Crippen molar-refractivity contribution in [2.45, 2.75) is 25.6 Å². The quantitative estimate of drug-likeness (QED) is 0.701. The molecule has 1 aromatic rings. The summed E-state index contributed by atoms with van der Waals surface area (Å²) in [4.78, 5) is 0. The second-order valence-electron chi connectivity index (χ2n) is 4.35. The monoisotopic (exact) mass is 205 g/mol. The summed E-state index contributed by atoms with van der Waals surface area (Å²) in [5.74, 6) is 1.33. The van der Waals surface area contributed by atoms with E-state index in [1.807, 2.05) is 12.1 Å². The molecule has 1 atom stereocenters. The molecule has 1 spiro atoms. The number of benzene rings is 1. The van der Waals surface area contributed by atoms with Crippen LogP contribution in [0.15, 0.2) is 18.2 Å². The van der Waals surface area contributed by atoms with Crippen LogP contribution in [0, 0.1) is 6.92 Å². The zero-order chi connectivity index (χ0) is 10.3. The average molecular weight is 205 g/mol. The van der Waals surface area contributed by atoms with Gasteiger partial charge in [0.25, 0.3) is 5.79 Å². The van der Waals surface area contributed by atoms with E-state index in [0.29, 0.717) is 0 Å². The van der Waals surface area contributed by atoms with Crippen molar-refractivity contribution in [3.05, 3.63) is 23.8 Å². The number of fused-ring (bicyclic) bond motifs is 1. The van der Waals surface area contributed by atoms with E-state index in [1.54, 1.807) is 0 Å². The third-order valence-electron chi connectivity index (χ3n) is 3.00. The van der Waals surface area contributed by atoms with Gasteiger partial charge in [-0.15, -0.1) is 0 Å². The second kappa shape index (κ2) is 3.14. The molecule has 3 nitrogen and oxygen atoms in total. The van der Waals surface area contributed by atoms with Gasteiger partial charge in [-0.05, 0) is 37.6 Å². The minimum atomic E-state index is -0.436. The fraction of sp³-hybridized carbons (Fsp3) is 0.500. The molecule has 2 aliphatic rings. The molecule has 0 amide bonds. The molecular weight excluding hydrogens is 190 g/mol. The molecule has 15 heavy (non-hydrogen) atoms. The zero-order valence-corrected chi connectivity index (χ0v) is 8.88. The first-order valence-corrected chi connectivity index (χ1v) is 5.47. The standard InChI is InChI=1S/C12H15NO2/c1-9-3-4-10-11(7-9)15-12(14-10)5-2-6-13-8-12/h3-4,7,13H,2,5-6,8H2,1H3. The Kier molecular flexibility index (Phi) is 1.89. The van der Waals surface area contributed by atoms with Gasteiger partial charge in [0, 0.05) is 6.42 Å². The molecule has 80 valence electrons. The summed E-state index contributed by atoms with van der Waals surface area (Å²) in [5, 5.41) is 3.32. The van der Waals surface area contributed by atoms with E-state index in [2.05, 4.69) is 18.3 Å². The van der Waals surface area contributed by atoms with Gasteiger partial charge >= 0.3 is 0 Å². The van der Waals surface area contributed by atoms with Crippen LogP contribution in [0.2, 0.25) is 0 Å². The highest BCUT2D eigenvalue weighted by molar-refractivity contribution is 5.45. The van der Waals surface area contributed by atoms with Crippen molar-refractivity contribution in [3.63, 3.8) is 0 Å². The number of hydrogen-bond donors (Lipinski definition) is 1. The summed E-state index contributed by atoms with van der Waals surface area (Å²) < 4.78 is 11.8. The highest BCUT2D eigenvalue weighted by Gasteiger charge is 2.42. The van der Waals surface area contributed by atoms with E-state index < -0.39 is 5.79 Å². The third-order valence-corrected chi connectivity index (χ3v) is 3.00. The predicted octanol–water partition coefficient (Wildman–Crippen LogP) is 1.85. The summed E-state index contributed by atoms with van der Waals surface area (Å²) in [6.45, 7) is 3.90. The number of piperidine rings is 1. The summed E-state index contributed by atoms with van der Waals surface area (Å²) in [7, 11) is 0. The molecule has 1 unspecified atom stereocenters. The van der Waals surface area contributed by atoms with Crippen molar-refractivity contribution in [2.75, 3.05) is 13.1 Å². The molecule has 3 heteroatoms. The average Bonchev–Trinajstić information content (AvgIpc) is 2.56. The molecule has 0 radical (unpaired) electrons. The Balaban J connectivity index is 1.90. The normalized spacial score (nSPS) is 28.3. The van der Waals surface area contributed by atoms with Crippen molar-refractivity contribution in [3.8, 4) is 11.5 Å². The van der Waals surface area contributed by atoms with Crippen molar-refractivity contribution >= 4 is 0 Å². The largest absolute Gasteiger partial charge is 0.447 e. The van der Waals surface area contributed by atoms with Crippen LogP contribution in [0.4, 0.5) is 0 Å². The molecule has 1 aromatic carbocycles. The molecule has 3 rings (SSSR count). The Hall–Kier alpha value is -1.22. The van der Waals surface area contributed by atoms with Crippen molar-refractivity contribution in [2.24, 2.45) is 0 Å². The Morgan fingerprint density at radius 1 is 1.27 bits per heavy atom. The van der Waals surface area contributed by atoms with Gasteiger partial charge in [0.2, 0.25) is 0 Å². The zero-order valence-electron chi connectivity index (χ0n) is 8.88. The van der Waals surface area contributed by atoms with Crippen LogP contribution in [0.1, 0.15) is 18.4 Å². The first-order valence-electron chi connectivity index (χ1n) is 5.47. The number of hydrogen-bond acceptors (Lipinski definition) is 3. The van der Waals surface area contributed by atoms with Crippen LogP contribution >= 0.6 is 0 Å². The van der Waals surface area contributed by atoms with E-state index in [4.69, 9.17) is 9.47 Å². The van der Waals surface area contributed by atoms with Crippen molar-refractivity contribution in [1.82, 2.24) is 5.32 Å². The van der Waals surface area contributed by atoms with Gasteiger partial charge in [-0.3, -0.25) is 0 Å². The molecule has 0 aliphatic carbocycles. The van der Waals surface area contributed by atoms with Gasteiger partial charge in [-0.25, -0.2) is 0 Å². The van der Waals surface area contributed by atoms with Gasteiger partial charge in [-0.2, -0.15) is 0 Å². The molecule has 1 saturated heterocycles. The Morgan fingerprint density at radius 2 is 2.13 bits per heavy atom. The first-order chi connectivity index (χ1) is 7.27. The van der Waals surface area contributed by atoms with E-state index >= 15 is 0 Å². The number of rotatable bonds is 0. The molecule has 0 saturated carbocycles. The van der Waals surface area contributed by atoms with E-state index in [1.165, 1.54) is 5.56 Å². The first kappa shape index (κ1) is 9.04. The molecule has 2 heterocycles. The maximum absolute atomic E-state index is 5.93. The molecular formula is C12H15NO2. The van der Waals surface area contributed by atoms with E-state index in [9.17, 15) is 0 Å². The lowest BCUT2D eigenvalue weighted by atomic mass is 10.1. The molecule has 1 fully saturated rings. The molecule has 1 N–H and O–H groups in total. The fourth-order valence-electron chi connectivity index (χ4n) is 2.23. The highest BCUT2D eigenvalue weighted by atomic mass is 16.7. The number of aryl methyl sites for hydroxylation is 1. The summed E-state index contributed by atoms with van der Waals surface area (Å²) in [6.07, 6.45) is 2.07. The van der Waals surface area contributed by atoms with Crippen LogP contribution in [-0.2, 0) is 0 Å². The van der Waals surface area contributed by atoms with Gasteiger partial charge in [0.05, 0.1) is 6.54 Å². The van der Waals surface area contributed by atoms with Crippen LogP contribution in [0.3, 0.4) is 0 Å². The predicted molar refractivity (Wildman–Crippen MR) is 57.3 cm³/mol. The van der Waals surface area contributed by atoms with E-state index in [0.717, 1.165) is 37.4 Å². The van der Waals surface area contributed by atoms with Crippen LogP contribution < -0.4 is 14.8 Å². The van der Waals surface area contributed by atoms with Gasteiger partial charge in [-0.1, -0.05) is 6.07 Å². The highest BCUT2D eigenvalue weighted by Crippen LogP contribution is 2.42. The summed E-state index contributed by atoms with van der Waals surface area (Å²) in [6, 6.07) is 6.09. The SMILES string of the molecule is Cc1ccc2c(c1)OC1(CCCNC1)O2. The van der Waals surface area contributed by atoms with Crippen LogP contribution in [0.25, 0.3) is 0 Å². The Labute approximate surface area is 89.4 Å². The lowest BCUT2D eigenvalue weighted by Crippen LogP contribution is -2.51. The molecule has 2 aliphatic heterocycles. The van der Waals surface area contributed by atoms with Crippen LogP contribution in [-0.4, -0.2) is 18.9 Å².